The molecular formula is C24H36N4O8. The molecule has 12 nitrogen and oxygen atoms in total. The van der Waals surface area contributed by atoms with Crippen LogP contribution in [0.1, 0.15) is 45.6 Å². The molecule has 12 heteroatoms. The maximum absolute atomic E-state index is 13.0. The first-order chi connectivity index (χ1) is 16.9. The molecule has 0 heterocycles. The lowest BCUT2D eigenvalue weighted by Crippen LogP contribution is -2.61. The predicted octanol–water partition coefficient (Wildman–Crippen LogP) is -0.613. The third-order valence-electron chi connectivity index (χ3n) is 5.76. The van der Waals surface area contributed by atoms with Crippen molar-refractivity contribution in [1.82, 2.24) is 16.0 Å². The first-order valence-corrected chi connectivity index (χ1v) is 11.7. The van der Waals surface area contributed by atoms with Crippen molar-refractivity contribution in [3.8, 4) is 0 Å². The number of hydrogen-bond donors (Lipinski definition) is 7. The first-order valence-electron chi connectivity index (χ1n) is 11.7. The Morgan fingerprint density at radius 1 is 0.889 bits per heavy atom. The van der Waals surface area contributed by atoms with Gasteiger partial charge < -0.3 is 37.0 Å². The lowest BCUT2D eigenvalue weighted by molar-refractivity contribution is -0.143. The van der Waals surface area contributed by atoms with Crippen molar-refractivity contribution < 1.29 is 39.3 Å². The molecule has 0 aromatic heterocycles. The molecule has 0 saturated carbocycles. The molecule has 1 rings (SSSR count). The number of nitrogens with two attached hydrogens (primary N) is 1. The standard InChI is InChI=1S/C24H36N4O8/c1-4-13(2)19(27-21(32)16(25)10-11-18(30)31)22(33)28-20(14(3)29)23(34)26-17(24(35)36)12-15-8-6-5-7-9-15/h5-9,13-14,16-17,19-20,29H,4,10-12,25H2,1-3H3,(H,26,34)(H,27,32)(H,28,33)(H,30,31)(H,35,36). The van der Waals surface area contributed by atoms with Crippen molar-refractivity contribution in [2.24, 2.45) is 11.7 Å². The highest BCUT2D eigenvalue weighted by molar-refractivity contribution is 5.94. The van der Waals surface area contributed by atoms with Gasteiger partial charge in [0.1, 0.15) is 18.1 Å². The Balaban J connectivity index is 2.96. The Bertz CT molecular complexity index is 909. The molecule has 0 spiro atoms. The number of rotatable bonds is 15. The maximum atomic E-state index is 13.0. The highest BCUT2D eigenvalue weighted by Crippen LogP contribution is 2.11. The molecule has 1 aromatic carbocycles. The van der Waals surface area contributed by atoms with Gasteiger partial charge in [-0.15, -0.1) is 0 Å². The second-order valence-electron chi connectivity index (χ2n) is 8.73. The van der Waals surface area contributed by atoms with E-state index in [-0.39, 0.29) is 19.3 Å². The van der Waals surface area contributed by atoms with E-state index in [0.29, 0.717) is 12.0 Å². The molecule has 6 atom stereocenters. The SMILES string of the molecule is CCC(C)C(NC(=O)C(N)CCC(=O)O)C(=O)NC(C(=O)NC(Cc1ccccc1)C(=O)O)C(C)O. The van der Waals surface area contributed by atoms with E-state index in [2.05, 4.69) is 16.0 Å². The molecule has 6 unspecified atom stereocenters. The summed E-state index contributed by atoms with van der Waals surface area (Å²) in [6, 6.07) is 3.53. The third kappa shape index (κ3) is 10.0. The molecule has 0 aliphatic carbocycles. The Morgan fingerprint density at radius 3 is 1.94 bits per heavy atom. The normalized spacial score (nSPS) is 15.9. The van der Waals surface area contributed by atoms with Crippen molar-refractivity contribution in [2.45, 2.75) is 76.7 Å². The molecule has 0 aliphatic rings. The summed E-state index contributed by atoms with van der Waals surface area (Å²) in [5.74, 6) is -5.23. The van der Waals surface area contributed by atoms with Crippen LogP contribution in [0, 0.1) is 5.92 Å². The largest absolute Gasteiger partial charge is 0.481 e. The average molecular weight is 509 g/mol. The zero-order valence-electron chi connectivity index (χ0n) is 20.6. The molecule has 200 valence electrons. The topological polar surface area (TPSA) is 208 Å². The number of aliphatic carboxylic acids is 2. The van der Waals surface area contributed by atoms with Gasteiger partial charge in [-0.05, 0) is 24.8 Å². The van der Waals surface area contributed by atoms with Gasteiger partial charge in [0.2, 0.25) is 17.7 Å². The van der Waals surface area contributed by atoms with E-state index in [0.717, 1.165) is 0 Å². The van der Waals surface area contributed by atoms with Crippen LogP contribution in [0.15, 0.2) is 30.3 Å². The fourth-order valence-electron chi connectivity index (χ4n) is 3.33. The monoisotopic (exact) mass is 508 g/mol. The summed E-state index contributed by atoms with van der Waals surface area (Å²) in [7, 11) is 0. The van der Waals surface area contributed by atoms with Gasteiger partial charge >= 0.3 is 11.9 Å². The first kappa shape index (κ1) is 30.5. The van der Waals surface area contributed by atoms with Gasteiger partial charge in [0.05, 0.1) is 12.1 Å². The lowest BCUT2D eigenvalue weighted by Gasteiger charge is -2.29. The summed E-state index contributed by atoms with van der Waals surface area (Å²) in [5.41, 5.74) is 6.40. The van der Waals surface area contributed by atoms with Crippen LogP contribution in [0.25, 0.3) is 0 Å². The summed E-state index contributed by atoms with van der Waals surface area (Å²) < 4.78 is 0. The van der Waals surface area contributed by atoms with E-state index in [1.54, 1.807) is 44.2 Å². The van der Waals surface area contributed by atoms with E-state index < -0.39 is 65.8 Å². The minimum Gasteiger partial charge on any atom is -0.481 e. The number of carbonyl (C=O) groups excluding carboxylic acids is 3. The average Bonchev–Trinajstić information content (AvgIpc) is 2.83. The minimum absolute atomic E-state index is 0.0117. The van der Waals surface area contributed by atoms with E-state index in [4.69, 9.17) is 10.8 Å². The zero-order valence-corrected chi connectivity index (χ0v) is 20.6. The van der Waals surface area contributed by atoms with Gasteiger partial charge in [-0.25, -0.2) is 4.79 Å². The van der Waals surface area contributed by atoms with Gasteiger partial charge in [0.25, 0.3) is 0 Å². The second-order valence-corrected chi connectivity index (χ2v) is 8.73. The number of hydrogen-bond acceptors (Lipinski definition) is 7. The summed E-state index contributed by atoms with van der Waals surface area (Å²) in [4.78, 5) is 60.8. The van der Waals surface area contributed by atoms with E-state index in [1.807, 2.05) is 0 Å². The Kier molecular flexibility index (Phi) is 12.5. The summed E-state index contributed by atoms with van der Waals surface area (Å²) in [5, 5.41) is 35.7. The van der Waals surface area contributed by atoms with Crippen LogP contribution < -0.4 is 21.7 Å². The highest BCUT2D eigenvalue weighted by Gasteiger charge is 2.34. The zero-order chi connectivity index (χ0) is 27.4. The van der Waals surface area contributed by atoms with Gasteiger partial charge in [-0.2, -0.15) is 0 Å². The number of carboxylic acid groups (broad SMARTS) is 2. The number of carboxylic acids is 2. The Morgan fingerprint density at radius 2 is 1.44 bits per heavy atom. The molecule has 0 radical (unpaired) electrons. The molecule has 36 heavy (non-hydrogen) atoms. The Hall–Kier alpha value is -3.51. The fraction of sp³-hybridized carbons (Fsp3) is 0.542. The molecule has 3 amide bonds. The van der Waals surface area contributed by atoms with Crippen molar-refractivity contribution in [1.29, 1.82) is 0 Å². The smallest absolute Gasteiger partial charge is 0.326 e. The summed E-state index contributed by atoms with van der Waals surface area (Å²) in [6.07, 6.45) is -1.39. The van der Waals surface area contributed by atoms with Crippen LogP contribution in [0.4, 0.5) is 0 Å². The number of aliphatic hydroxyl groups is 1. The van der Waals surface area contributed by atoms with Gasteiger partial charge in [-0.3, -0.25) is 19.2 Å². The summed E-state index contributed by atoms with van der Waals surface area (Å²) >= 11 is 0. The lowest BCUT2D eigenvalue weighted by atomic mass is 9.96. The van der Waals surface area contributed by atoms with Crippen LogP contribution in [0.2, 0.25) is 0 Å². The molecule has 8 N–H and O–H groups in total. The number of aliphatic hydroxyl groups excluding tert-OH is 1. The Labute approximate surface area is 209 Å². The van der Waals surface area contributed by atoms with E-state index >= 15 is 0 Å². The summed E-state index contributed by atoms with van der Waals surface area (Å²) in [6.45, 7) is 4.72. The van der Waals surface area contributed by atoms with Crippen molar-refractivity contribution in [3.05, 3.63) is 35.9 Å². The quantitative estimate of drug-likeness (QED) is 0.161. The fourth-order valence-corrected chi connectivity index (χ4v) is 3.33. The second kappa shape index (κ2) is 14.8. The molecule has 1 aromatic rings. The molecule has 0 saturated heterocycles. The highest BCUT2D eigenvalue weighted by atomic mass is 16.4. The number of nitrogens with one attached hydrogen (secondary N) is 3. The molecule has 0 fully saturated rings. The van der Waals surface area contributed by atoms with Crippen LogP contribution in [-0.4, -0.2) is 75.3 Å². The van der Waals surface area contributed by atoms with Crippen molar-refractivity contribution in [2.75, 3.05) is 0 Å². The third-order valence-corrected chi connectivity index (χ3v) is 5.76. The van der Waals surface area contributed by atoms with E-state index in [1.165, 1.54) is 6.92 Å². The number of amides is 3. The predicted molar refractivity (Wildman–Crippen MR) is 130 cm³/mol. The maximum Gasteiger partial charge on any atom is 0.326 e. The van der Waals surface area contributed by atoms with E-state index in [9.17, 15) is 34.2 Å². The number of carbonyl (C=O) groups is 5. The molecule has 0 bridgehead atoms. The van der Waals surface area contributed by atoms with Crippen LogP contribution in [-0.2, 0) is 30.4 Å². The molecule has 0 aliphatic heterocycles. The van der Waals surface area contributed by atoms with Crippen LogP contribution >= 0.6 is 0 Å². The van der Waals surface area contributed by atoms with Gasteiger partial charge in [-0.1, -0.05) is 50.6 Å². The van der Waals surface area contributed by atoms with Crippen molar-refractivity contribution >= 4 is 29.7 Å². The molecular weight excluding hydrogens is 472 g/mol. The van der Waals surface area contributed by atoms with Gasteiger partial charge in [0.15, 0.2) is 0 Å². The number of benzene rings is 1. The van der Waals surface area contributed by atoms with Crippen LogP contribution in [0.3, 0.4) is 0 Å². The van der Waals surface area contributed by atoms with Gasteiger partial charge in [0, 0.05) is 12.8 Å². The van der Waals surface area contributed by atoms with Crippen molar-refractivity contribution in [3.63, 3.8) is 0 Å². The van der Waals surface area contributed by atoms with Crippen LogP contribution in [0.5, 0.6) is 0 Å². The minimum atomic E-state index is -1.50.